The van der Waals surface area contributed by atoms with Gasteiger partial charge in [-0.2, -0.15) is 0 Å². The third-order valence-corrected chi connectivity index (χ3v) is 9.56. The second-order valence-corrected chi connectivity index (χ2v) is 15.3. The second-order valence-electron chi connectivity index (χ2n) is 13.9. The van der Waals surface area contributed by atoms with Crippen molar-refractivity contribution in [3.63, 3.8) is 0 Å². The van der Waals surface area contributed by atoms with Gasteiger partial charge in [0, 0.05) is 19.4 Å². The first-order chi connectivity index (χ1) is 28.3. The van der Waals surface area contributed by atoms with Gasteiger partial charge < -0.3 is 24.8 Å². The molecule has 58 heavy (non-hydrogen) atoms. The molecule has 326 valence electrons. The van der Waals surface area contributed by atoms with Crippen molar-refractivity contribution in [2.45, 2.75) is 148 Å². The van der Waals surface area contributed by atoms with Crippen LogP contribution >= 0.6 is 7.82 Å². The van der Waals surface area contributed by atoms with Crippen LogP contribution in [-0.2, 0) is 37.4 Å². The first kappa shape index (κ1) is 52.6. The zero-order valence-corrected chi connectivity index (χ0v) is 36.3. The van der Waals surface area contributed by atoms with Crippen LogP contribution in [-0.4, -0.2) is 61.5 Å². The Kier molecular flexibility index (Phi) is 34.4. The molecular formula is C47H74NO9P. The first-order valence-electron chi connectivity index (χ1n) is 21.5. The van der Waals surface area contributed by atoms with E-state index in [1.807, 2.05) is 18.2 Å². The maximum absolute atomic E-state index is 12.6. The molecule has 0 amide bonds. The summed E-state index contributed by atoms with van der Waals surface area (Å²) in [6, 6.07) is 0. The van der Waals surface area contributed by atoms with Gasteiger partial charge in [-0.15, -0.1) is 0 Å². The number of allylic oxidation sites excluding steroid dienone is 17. The molecule has 1 rings (SSSR count). The Balaban J connectivity index is 2.29. The van der Waals surface area contributed by atoms with E-state index < -0.39 is 32.5 Å². The first-order valence-corrected chi connectivity index (χ1v) is 23.0. The predicted octanol–water partition coefficient (Wildman–Crippen LogP) is 11.4. The number of phosphoric acid groups is 1. The summed E-state index contributed by atoms with van der Waals surface area (Å²) in [6.07, 6.45) is 53.2. The molecular weight excluding hydrogens is 753 g/mol. The van der Waals surface area contributed by atoms with E-state index in [2.05, 4.69) is 105 Å². The second kappa shape index (κ2) is 37.9. The van der Waals surface area contributed by atoms with E-state index in [9.17, 15) is 19.0 Å². The number of ether oxygens (including phenoxy) is 3. The SMILES string of the molecule is CC/C=C\C/C=C\C/C=C\C/C=C\C/C=C\C/C=C\CCC(=O)O[C@H](COC(=O)CCC/C=C\C/C=C\C/C=C\CC1OC1CCCCC)COP(=O)(O)OCCN. The Labute approximate surface area is 350 Å². The highest BCUT2D eigenvalue weighted by Gasteiger charge is 2.36. The molecule has 3 unspecified atom stereocenters. The smallest absolute Gasteiger partial charge is 0.462 e. The number of esters is 2. The van der Waals surface area contributed by atoms with E-state index in [0.717, 1.165) is 57.8 Å². The number of hydrogen-bond donors (Lipinski definition) is 2. The largest absolute Gasteiger partial charge is 0.472 e. The van der Waals surface area contributed by atoms with Gasteiger partial charge in [-0.1, -0.05) is 142 Å². The molecule has 11 heteroatoms. The Hall–Kier alpha value is -3.37. The third-order valence-electron chi connectivity index (χ3n) is 8.58. The highest BCUT2D eigenvalue weighted by molar-refractivity contribution is 7.47. The van der Waals surface area contributed by atoms with Crippen molar-refractivity contribution in [3.8, 4) is 0 Å². The third kappa shape index (κ3) is 34.7. The van der Waals surface area contributed by atoms with Gasteiger partial charge in [-0.25, -0.2) is 4.57 Å². The molecule has 0 aromatic rings. The highest BCUT2D eigenvalue weighted by atomic mass is 31.2. The fraction of sp³-hybridized carbons (Fsp3) is 0.574. The van der Waals surface area contributed by atoms with Gasteiger partial charge in [0.05, 0.1) is 25.4 Å². The fourth-order valence-electron chi connectivity index (χ4n) is 5.33. The van der Waals surface area contributed by atoms with Gasteiger partial charge >= 0.3 is 19.8 Å². The summed E-state index contributed by atoms with van der Waals surface area (Å²) >= 11 is 0. The van der Waals surface area contributed by atoms with Crippen LogP contribution in [0.3, 0.4) is 0 Å². The molecule has 4 atom stereocenters. The number of epoxide rings is 1. The van der Waals surface area contributed by atoms with Crippen molar-refractivity contribution >= 4 is 19.8 Å². The summed E-state index contributed by atoms with van der Waals surface area (Å²) in [5.41, 5.74) is 5.34. The Bertz CT molecular complexity index is 1380. The summed E-state index contributed by atoms with van der Waals surface area (Å²) in [7, 11) is -4.42. The summed E-state index contributed by atoms with van der Waals surface area (Å²) in [5.74, 6) is -1.01. The molecule has 0 bridgehead atoms. The molecule has 0 aromatic heterocycles. The summed E-state index contributed by atoms with van der Waals surface area (Å²) in [6.45, 7) is 3.39. The van der Waals surface area contributed by atoms with E-state index in [-0.39, 0.29) is 32.6 Å². The number of carbonyl (C=O) groups excluding carboxylic acids is 2. The standard InChI is InChI=1S/C47H74NO9P/c1-3-5-7-8-9-10-11-12-13-14-15-16-17-18-19-24-27-30-34-38-47(50)56-43(42-55-58(51,52)54-40-39-48)41-53-46(49)37-33-29-26-23-21-20-22-25-28-32-36-45-44(57-45)35-31-6-4-2/h5,7,9-10,12-13,15-16,18-20,22-23,26-28,30,32,43-45H,3-4,6,8,11,14,17,21,24-25,29,31,33-42,48H2,1-2H3,(H,51,52)/b7-5-,10-9-,13-12-,16-15-,19-18-,22-20-,26-23-,30-27-,32-28-/t43-,44?,45?/m1/s1. The Morgan fingerprint density at radius 3 is 1.72 bits per heavy atom. The monoisotopic (exact) mass is 828 g/mol. The Morgan fingerprint density at radius 1 is 0.638 bits per heavy atom. The van der Waals surface area contributed by atoms with Crippen LogP contribution in [0.5, 0.6) is 0 Å². The molecule has 10 nitrogen and oxygen atoms in total. The van der Waals surface area contributed by atoms with Crippen molar-refractivity contribution in [2.24, 2.45) is 5.73 Å². The van der Waals surface area contributed by atoms with E-state index in [0.29, 0.717) is 31.5 Å². The van der Waals surface area contributed by atoms with Crippen molar-refractivity contribution in [3.05, 3.63) is 109 Å². The summed E-state index contributed by atoms with van der Waals surface area (Å²) in [5, 5.41) is 0. The lowest BCUT2D eigenvalue weighted by atomic mass is 10.1. The maximum Gasteiger partial charge on any atom is 0.472 e. The van der Waals surface area contributed by atoms with Crippen LogP contribution in [0, 0.1) is 0 Å². The lowest BCUT2D eigenvalue weighted by Gasteiger charge is -2.19. The quantitative estimate of drug-likeness (QED) is 0.0204. The molecule has 0 saturated carbocycles. The molecule has 0 radical (unpaired) electrons. The highest BCUT2D eigenvalue weighted by Crippen LogP contribution is 2.43. The number of rotatable bonds is 37. The van der Waals surface area contributed by atoms with Crippen LogP contribution in [0.2, 0.25) is 0 Å². The molecule has 1 fully saturated rings. The number of phosphoric ester groups is 1. The van der Waals surface area contributed by atoms with Gasteiger partial charge in [0.2, 0.25) is 0 Å². The topological polar surface area (TPSA) is 147 Å². The Morgan fingerprint density at radius 2 is 1.17 bits per heavy atom. The maximum atomic E-state index is 12.6. The molecule has 0 aliphatic carbocycles. The molecule has 0 spiro atoms. The number of nitrogens with two attached hydrogens (primary N) is 1. The minimum atomic E-state index is -4.42. The normalized spacial score (nSPS) is 17.9. The zero-order valence-electron chi connectivity index (χ0n) is 35.4. The van der Waals surface area contributed by atoms with Crippen molar-refractivity contribution in [1.29, 1.82) is 0 Å². The van der Waals surface area contributed by atoms with Crippen molar-refractivity contribution in [2.75, 3.05) is 26.4 Å². The van der Waals surface area contributed by atoms with Gasteiger partial charge in [0.25, 0.3) is 0 Å². The van der Waals surface area contributed by atoms with Crippen LogP contribution in [0.4, 0.5) is 0 Å². The predicted molar refractivity (Wildman–Crippen MR) is 237 cm³/mol. The van der Waals surface area contributed by atoms with Gasteiger partial charge in [-0.05, 0) is 83.5 Å². The molecule has 1 saturated heterocycles. The lowest BCUT2D eigenvalue weighted by molar-refractivity contribution is -0.161. The molecule has 3 N–H and O–H groups in total. The number of carbonyl (C=O) groups is 2. The van der Waals surface area contributed by atoms with Crippen LogP contribution < -0.4 is 5.73 Å². The lowest BCUT2D eigenvalue weighted by Crippen LogP contribution is -2.29. The minimum Gasteiger partial charge on any atom is -0.462 e. The average Bonchev–Trinajstić information content (AvgIpc) is 3.97. The van der Waals surface area contributed by atoms with Crippen LogP contribution in [0.25, 0.3) is 0 Å². The average molecular weight is 828 g/mol. The molecule has 1 heterocycles. The summed E-state index contributed by atoms with van der Waals surface area (Å²) in [4.78, 5) is 34.8. The van der Waals surface area contributed by atoms with Crippen LogP contribution in [0.1, 0.15) is 129 Å². The van der Waals surface area contributed by atoms with Gasteiger partial charge in [0.1, 0.15) is 6.61 Å². The molecule has 0 aromatic carbocycles. The van der Waals surface area contributed by atoms with E-state index in [1.54, 1.807) is 0 Å². The fourth-order valence-corrected chi connectivity index (χ4v) is 6.10. The molecule has 1 aliphatic rings. The van der Waals surface area contributed by atoms with Gasteiger partial charge in [-0.3, -0.25) is 18.6 Å². The zero-order chi connectivity index (χ0) is 42.2. The van der Waals surface area contributed by atoms with Crippen molar-refractivity contribution in [1.82, 2.24) is 0 Å². The van der Waals surface area contributed by atoms with Crippen LogP contribution in [0.15, 0.2) is 109 Å². The minimum absolute atomic E-state index is 0.0263. The molecule has 1 aliphatic heterocycles. The number of hydrogen-bond acceptors (Lipinski definition) is 9. The van der Waals surface area contributed by atoms with E-state index in [4.69, 9.17) is 29.0 Å². The van der Waals surface area contributed by atoms with Crippen molar-refractivity contribution < 1.29 is 42.3 Å². The summed E-state index contributed by atoms with van der Waals surface area (Å²) < 4.78 is 38.3. The number of unbranched alkanes of at least 4 members (excludes halogenated alkanes) is 3. The van der Waals surface area contributed by atoms with E-state index in [1.165, 1.54) is 25.7 Å². The van der Waals surface area contributed by atoms with E-state index >= 15 is 0 Å². The van der Waals surface area contributed by atoms with Gasteiger partial charge in [0.15, 0.2) is 6.10 Å².